The molecule has 0 saturated carbocycles. The lowest BCUT2D eigenvalue weighted by Crippen LogP contribution is -2.07. The lowest BCUT2D eigenvalue weighted by Gasteiger charge is -1.94. The Hall–Kier alpha value is -1.39. The molecule has 0 radical (unpaired) electrons. The number of hydrogen-bond donors (Lipinski definition) is 0. The first kappa shape index (κ1) is 10.7. The Bertz CT molecular complexity index is 320. The van der Waals surface area contributed by atoms with Gasteiger partial charge in [-0.25, -0.2) is 9.78 Å². The fourth-order valence-electron chi connectivity index (χ4n) is 1.14. The van der Waals surface area contributed by atoms with Crippen LogP contribution in [0.1, 0.15) is 36.7 Å². The molecule has 1 rings (SSSR count). The van der Waals surface area contributed by atoms with E-state index >= 15 is 0 Å². The van der Waals surface area contributed by atoms with Gasteiger partial charge in [0.2, 0.25) is 0 Å². The minimum atomic E-state index is -0.453. The summed E-state index contributed by atoms with van der Waals surface area (Å²) in [6.07, 6.45) is 1.80. The summed E-state index contributed by atoms with van der Waals surface area (Å²) in [7, 11) is 1.78. The first-order valence-electron chi connectivity index (χ1n) is 4.76. The smallest absolute Gasteiger partial charge is 0.378 e. The molecule has 1 aromatic heterocycles. The van der Waals surface area contributed by atoms with Crippen molar-refractivity contribution < 1.29 is 9.53 Å². The minimum absolute atomic E-state index is 0.151. The summed E-state index contributed by atoms with van der Waals surface area (Å²) < 4.78 is 6.42. The highest BCUT2D eigenvalue weighted by Crippen LogP contribution is 2.01. The molecular formula is C9H15N3O2. The average Bonchev–Trinajstić information content (AvgIpc) is 2.49. The maximum Gasteiger partial charge on any atom is 0.378 e. The van der Waals surface area contributed by atoms with Gasteiger partial charge in [-0.3, -0.25) is 4.68 Å². The molecule has 0 atom stereocenters. The Balaban J connectivity index is 2.79. The molecule has 0 aromatic carbocycles. The molecule has 0 aliphatic rings. The Morgan fingerprint density at radius 2 is 2.21 bits per heavy atom. The molecule has 14 heavy (non-hydrogen) atoms. The number of carbonyl (C=O) groups excluding carboxylic acids is 1. The van der Waals surface area contributed by atoms with Gasteiger partial charge in [0, 0.05) is 13.5 Å². The molecule has 0 spiro atoms. The van der Waals surface area contributed by atoms with E-state index in [1.807, 2.05) is 0 Å². The molecule has 0 saturated heterocycles. The summed E-state index contributed by atoms with van der Waals surface area (Å²) in [5.74, 6) is 0.513. The van der Waals surface area contributed by atoms with E-state index in [0.717, 1.165) is 18.7 Å². The topological polar surface area (TPSA) is 57.0 Å². The third-order valence-electron chi connectivity index (χ3n) is 1.78. The molecule has 1 heterocycles. The number of rotatable bonds is 4. The fraction of sp³-hybridized carbons (Fsp3) is 0.667. The van der Waals surface area contributed by atoms with Gasteiger partial charge >= 0.3 is 5.97 Å². The summed E-state index contributed by atoms with van der Waals surface area (Å²) in [5.41, 5.74) is 0. The monoisotopic (exact) mass is 197 g/mol. The van der Waals surface area contributed by atoms with Crippen LogP contribution in [-0.4, -0.2) is 27.3 Å². The summed E-state index contributed by atoms with van der Waals surface area (Å²) in [5, 5.41) is 3.98. The molecule has 1 aromatic rings. The first-order valence-corrected chi connectivity index (χ1v) is 4.76. The molecule has 0 unspecified atom stereocenters. The largest absolute Gasteiger partial charge is 0.460 e. The third-order valence-corrected chi connectivity index (χ3v) is 1.78. The molecular weight excluding hydrogens is 182 g/mol. The van der Waals surface area contributed by atoms with Gasteiger partial charge in [-0.15, -0.1) is 5.10 Å². The second-order valence-electron chi connectivity index (χ2n) is 2.95. The number of ether oxygens (including phenoxy) is 1. The van der Waals surface area contributed by atoms with Gasteiger partial charge in [-0.2, -0.15) is 0 Å². The van der Waals surface area contributed by atoms with E-state index in [1.165, 1.54) is 0 Å². The maximum absolute atomic E-state index is 11.3. The zero-order valence-corrected chi connectivity index (χ0v) is 8.78. The lowest BCUT2D eigenvalue weighted by atomic mass is 10.3. The van der Waals surface area contributed by atoms with E-state index in [-0.39, 0.29) is 5.82 Å². The molecule has 5 nitrogen and oxygen atoms in total. The van der Waals surface area contributed by atoms with Crippen molar-refractivity contribution >= 4 is 5.97 Å². The first-order chi connectivity index (χ1) is 6.69. The van der Waals surface area contributed by atoms with Crippen molar-refractivity contribution in [3.05, 3.63) is 11.6 Å². The van der Waals surface area contributed by atoms with Gasteiger partial charge in [0.1, 0.15) is 5.82 Å². The normalized spacial score (nSPS) is 10.2. The molecule has 5 heteroatoms. The van der Waals surface area contributed by atoms with Crippen LogP contribution in [0.25, 0.3) is 0 Å². The van der Waals surface area contributed by atoms with Crippen LogP contribution in [-0.2, 0) is 18.2 Å². The quantitative estimate of drug-likeness (QED) is 0.674. The van der Waals surface area contributed by atoms with E-state index in [1.54, 1.807) is 18.7 Å². The molecule has 0 amide bonds. The Morgan fingerprint density at radius 1 is 1.50 bits per heavy atom. The Kier molecular flexibility index (Phi) is 3.62. The number of esters is 1. The molecule has 78 valence electrons. The van der Waals surface area contributed by atoms with Crippen molar-refractivity contribution in [1.29, 1.82) is 0 Å². The van der Waals surface area contributed by atoms with Crippen LogP contribution in [0.5, 0.6) is 0 Å². The van der Waals surface area contributed by atoms with Crippen LogP contribution < -0.4 is 0 Å². The predicted molar refractivity (Wildman–Crippen MR) is 51.0 cm³/mol. The number of aromatic nitrogens is 3. The van der Waals surface area contributed by atoms with Crippen LogP contribution in [0.4, 0.5) is 0 Å². The zero-order chi connectivity index (χ0) is 10.6. The van der Waals surface area contributed by atoms with E-state index in [2.05, 4.69) is 17.0 Å². The zero-order valence-electron chi connectivity index (χ0n) is 8.78. The number of hydrogen-bond acceptors (Lipinski definition) is 4. The van der Waals surface area contributed by atoms with Gasteiger partial charge in [-0.05, 0) is 13.3 Å². The van der Waals surface area contributed by atoms with Gasteiger partial charge in [-0.1, -0.05) is 6.92 Å². The van der Waals surface area contributed by atoms with Crippen LogP contribution in [0.15, 0.2) is 0 Å². The van der Waals surface area contributed by atoms with Crippen LogP contribution in [0, 0.1) is 0 Å². The highest BCUT2D eigenvalue weighted by Gasteiger charge is 2.14. The molecule has 0 fully saturated rings. The minimum Gasteiger partial charge on any atom is -0.460 e. The molecule has 0 N–H and O–H groups in total. The number of nitrogens with zero attached hydrogens (tertiary/aromatic N) is 3. The predicted octanol–water partition coefficient (Wildman–Crippen LogP) is 0.944. The van der Waals surface area contributed by atoms with E-state index in [0.29, 0.717) is 6.61 Å². The fourth-order valence-corrected chi connectivity index (χ4v) is 1.14. The van der Waals surface area contributed by atoms with Gasteiger partial charge in [0.25, 0.3) is 5.82 Å². The summed E-state index contributed by atoms with van der Waals surface area (Å²) >= 11 is 0. The van der Waals surface area contributed by atoms with Crippen molar-refractivity contribution in [2.75, 3.05) is 6.61 Å². The second-order valence-corrected chi connectivity index (χ2v) is 2.95. The number of aryl methyl sites for hydroxylation is 2. The van der Waals surface area contributed by atoms with Crippen molar-refractivity contribution in [2.45, 2.75) is 26.7 Å². The molecule has 0 bridgehead atoms. The SMILES string of the molecule is CCCc1nc(C(=O)OCC)nn1C. The average molecular weight is 197 g/mol. The van der Waals surface area contributed by atoms with E-state index in [4.69, 9.17) is 4.74 Å². The summed E-state index contributed by atoms with van der Waals surface area (Å²) in [4.78, 5) is 15.3. The van der Waals surface area contributed by atoms with Crippen LogP contribution in [0.3, 0.4) is 0 Å². The molecule has 0 aliphatic heterocycles. The van der Waals surface area contributed by atoms with Crippen molar-refractivity contribution in [2.24, 2.45) is 7.05 Å². The Morgan fingerprint density at radius 3 is 2.79 bits per heavy atom. The standard InChI is InChI=1S/C9H15N3O2/c1-4-6-7-10-8(11-12(7)3)9(13)14-5-2/h4-6H2,1-3H3. The van der Waals surface area contributed by atoms with E-state index in [9.17, 15) is 4.79 Å². The maximum atomic E-state index is 11.3. The third kappa shape index (κ3) is 2.31. The Labute approximate surface area is 83.1 Å². The number of carbonyl (C=O) groups is 1. The highest BCUT2D eigenvalue weighted by molar-refractivity contribution is 5.84. The van der Waals surface area contributed by atoms with Crippen molar-refractivity contribution in [3.63, 3.8) is 0 Å². The van der Waals surface area contributed by atoms with Crippen molar-refractivity contribution in [3.8, 4) is 0 Å². The second kappa shape index (κ2) is 4.74. The van der Waals surface area contributed by atoms with Crippen LogP contribution in [0.2, 0.25) is 0 Å². The van der Waals surface area contributed by atoms with Crippen molar-refractivity contribution in [1.82, 2.24) is 14.8 Å². The lowest BCUT2D eigenvalue weighted by molar-refractivity contribution is 0.0512. The van der Waals surface area contributed by atoms with Crippen LogP contribution >= 0.6 is 0 Å². The van der Waals surface area contributed by atoms with Gasteiger partial charge in [0.05, 0.1) is 6.61 Å². The van der Waals surface area contributed by atoms with Gasteiger partial charge < -0.3 is 4.74 Å². The summed E-state index contributed by atoms with van der Waals surface area (Å²) in [6, 6.07) is 0. The highest BCUT2D eigenvalue weighted by atomic mass is 16.5. The molecule has 0 aliphatic carbocycles. The van der Waals surface area contributed by atoms with Gasteiger partial charge in [0.15, 0.2) is 0 Å². The summed E-state index contributed by atoms with van der Waals surface area (Å²) in [6.45, 7) is 4.16. The van der Waals surface area contributed by atoms with E-state index < -0.39 is 5.97 Å².